The second kappa shape index (κ2) is 10.8. The Morgan fingerprint density at radius 1 is 1.13 bits per heavy atom. The number of pyridine rings is 1. The highest BCUT2D eigenvalue weighted by Gasteiger charge is 2.51. The van der Waals surface area contributed by atoms with E-state index in [-0.39, 0.29) is 46.6 Å². The lowest BCUT2D eigenvalue weighted by Crippen LogP contribution is -2.48. The van der Waals surface area contributed by atoms with Crippen LogP contribution >= 0.6 is 15.9 Å². The van der Waals surface area contributed by atoms with E-state index < -0.39 is 47.5 Å². The number of ether oxygens (including phenoxy) is 1. The van der Waals surface area contributed by atoms with Crippen LogP contribution in [0, 0.1) is 10.1 Å². The smallest absolute Gasteiger partial charge is 0.294 e. The van der Waals surface area contributed by atoms with Crippen molar-refractivity contribution in [2.45, 2.75) is 38.0 Å². The zero-order valence-corrected chi connectivity index (χ0v) is 22.5. The van der Waals surface area contributed by atoms with E-state index >= 15 is 8.78 Å². The molecule has 3 heterocycles. The second-order valence-electron chi connectivity index (χ2n) is 9.43. The third-order valence-electron chi connectivity index (χ3n) is 6.41. The molecule has 38 heavy (non-hydrogen) atoms. The first-order valence-corrected chi connectivity index (χ1v) is 12.7. The van der Waals surface area contributed by atoms with E-state index in [1.54, 1.807) is 20.9 Å². The Balaban J connectivity index is 1.66. The highest BCUT2D eigenvalue weighted by molar-refractivity contribution is 9.10. The largest absolute Gasteiger partial charge is 0.387 e. The molecule has 2 aromatic rings. The Hall–Kier alpha value is -3.39. The number of likely N-dealkylation sites (tertiary alicyclic amines) is 1. The number of carbonyl (C=O) groups excluding carboxylic acids is 2. The first-order chi connectivity index (χ1) is 17.9. The monoisotopic (exact) mass is 596 g/mol. The molecule has 0 unspecified atom stereocenters. The van der Waals surface area contributed by atoms with E-state index in [4.69, 9.17) is 4.74 Å². The summed E-state index contributed by atoms with van der Waals surface area (Å²) in [5.41, 5.74) is -0.332. The summed E-state index contributed by atoms with van der Waals surface area (Å²) < 4.78 is 36.3. The van der Waals surface area contributed by atoms with Crippen LogP contribution in [0.4, 0.5) is 25.8 Å². The molecule has 0 aliphatic carbocycles. The summed E-state index contributed by atoms with van der Waals surface area (Å²) in [6, 6.07) is 2.33. The fourth-order valence-corrected chi connectivity index (χ4v) is 5.16. The van der Waals surface area contributed by atoms with Crippen molar-refractivity contribution in [3.8, 4) is 0 Å². The standard InChI is InChI=1S/C24H27BrF2N6O5/c1-13-9-31(10-14(2)38-13)23(35)18-5-16(25)6-19(33(36)37)21(18)30-20-11-32(12-24(20,26)27)22(34)15-4-17(28-3)8-29-7-15/h4-8,13-14,20,28,30H,9-12H2,1-3H3/t13-,14-,20-/m0/s1. The average molecular weight is 597 g/mol. The summed E-state index contributed by atoms with van der Waals surface area (Å²) in [5, 5.41) is 17.3. The van der Waals surface area contributed by atoms with E-state index in [1.807, 2.05) is 0 Å². The molecule has 2 saturated heterocycles. The van der Waals surface area contributed by atoms with Gasteiger partial charge in [0, 0.05) is 49.6 Å². The molecule has 3 atom stereocenters. The molecule has 1 aromatic carbocycles. The molecule has 1 aromatic heterocycles. The van der Waals surface area contributed by atoms with Crippen LogP contribution in [0.25, 0.3) is 0 Å². The number of amides is 2. The van der Waals surface area contributed by atoms with Gasteiger partial charge in [0.25, 0.3) is 23.4 Å². The van der Waals surface area contributed by atoms with E-state index in [0.29, 0.717) is 5.69 Å². The Morgan fingerprint density at radius 3 is 2.45 bits per heavy atom. The number of carbonyl (C=O) groups is 2. The number of nitrogens with one attached hydrogen (secondary N) is 2. The molecular formula is C24H27BrF2N6O5. The zero-order chi connectivity index (χ0) is 27.8. The number of nitrogens with zero attached hydrogens (tertiary/aromatic N) is 4. The van der Waals surface area contributed by atoms with Crippen LogP contribution < -0.4 is 10.6 Å². The minimum Gasteiger partial charge on any atom is -0.387 e. The van der Waals surface area contributed by atoms with E-state index in [9.17, 15) is 19.7 Å². The number of hydrogen-bond donors (Lipinski definition) is 2. The molecular weight excluding hydrogens is 570 g/mol. The summed E-state index contributed by atoms with van der Waals surface area (Å²) in [7, 11) is 1.64. The van der Waals surface area contributed by atoms with E-state index in [0.717, 1.165) is 11.0 Å². The third-order valence-corrected chi connectivity index (χ3v) is 6.87. The van der Waals surface area contributed by atoms with E-state index in [2.05, 4.69) is 31.5 Å². The first kappa shape index (κ1) is 27.6. The zero-order valence-electron chi connectivity index (χ0n) is 20.9. The van der Waals surface area contributed by atoms with Gasteiger partial charge in [0.05, 0.1) is 40.5 Å². The van der Waals surface area contributed by atoms with Crippen LogP contribution in [0.1, 0.15) is 34.6 Å². The summed E-state index contributed by atoms with van der Waals surface area (Å²) in [4.78, 5) is 44.1. The predicted molar refractivity (Wildman–Crippen MR) is 139 cm³/mol. The first-order valence-electron chi connectivity index (χ1n) is 11.9. The van der Waals surface area contributed by atoms with Crippen LogP contribution in [0.2, 0.25) is 0 Å². The van der Waals surface area contributed by atoms with Gasteiger partial charge in [-0.05, 0) is 26.0 Å². The van der Waals surface area contributed by atoms with Gasteiger partial charge >= 0.3 is 0 Å². The van der Waals surface area contributed by atoms with Gasteiger partial charge < -0.3 is 25.2 Å². The van der Waals surface area contributed by atoms with Crippen LogP contribution in [0.5, 0.6) is 0 Å². The Kier molecular flexibility index (Phi) is 7.83. The molecule has 0 radical (unpaired) electrons. The van der Waals surface area contributed by atoms with Gasteiger partial charge in [0.15, 0.2) is 0 Å². The maximum Gasteiger partial charge on any atom is 0.294 e. The molecule has 0 bridgehead atoms. The van der Waals surface area contributed by atoms with Gasteiger partial charge in [-0.15, -0.1) is 0 Å². The van der Waals surface area contributed by atoms with Crippen LogP contribution in [0.3, 0.4) is 0 Å². The highest BCUT2D eigenvalue weighted by Crippen LogP contribution is 2.38. The summed E-state index contributed by atoms with van der Waals surface area (Å²) >= 11 is 3.19. The molecule has 0 spiro atoms. The molecule has 2 aliphatic heterocycles. The lowest BCUT2D eigenvalue weighted by molar-refractivity contribution is -0.384. The molecule has 2 fully saturated rings. The molecule has 11 nitrogen and oxygen atoms in total. The average Bonchev–Trinajstić information content (AvgIpc) is 3.16. The molecule has 2 aliphatic rings. The maximum absolute atomic E-state index is 15.2. The van der Waals surface area contributed by atoms with Crippen molar-refractivity contribution in [1.82, 2.24) is 14.8 Å². The van der Waals surface area contributed by atoms with Crippen molar-refractivity contribution in [1.29, 1.82) is 0 Å². The minimum atomic E-state index is -3.44. The van der Waals surface area contributed by atoms with Crippen molar-refractivity contribution in [3.05, 3.63) is 56.3 Å². The number of halogens is 3. The molecule has 2 N–H and O–H groups in total. The quantitative estimate of drug-likeness (QED) is 0.382. The van der Waals surface area contributed by atoms with Gasteiger partial charge in [0.2, 0.25) is 0 Å². The number of morpholine rings is 1. The molecule has 4 rings (SSSR count). The number of aromatic nitrogens is 1. The van der Waals surface area contributed by atoms with Crippen molar-refractivity contribution < 1.29 is 28.0 Å². The highest BCUT2D eigenvalue weighted by atomic mass is 79.9. The Bertz CT molecular complexity index is 1250. The van der Waals surface area contributed by atoms with Crippen molar-refractivity contribution >= 4 is 44.8 Å². The SMILES string of the molecule is CNc1cncc(C(=O)N2C[C@H](Nc3c(C(=O)N4C[C@H](C)O[C@@H](C)C4)cc(Br)cc3[N+](=O)[O-])C(F)(F)C2)c1. The lowest BCUT2D eigenvalue weighted by atomic mass is 10.1. The number of anilines is 2. The van der Waals surface area contributed by atoms with Gasteiger partial charge in [-0.1, -0.05) is 15.9 Å². The third kappa shape index (κ3) is 5.70. The van der Waals surface area contributed by atoms with Gasteiger partial charge in [0.1, 0.15) is 11.7 Å². The lowest BCUT2D eigenvalue weighted by Gasteiger charge is -2.35. The van der Waals surface area contributed by atoms with E-state index in [1.165, 1.54) is 29.4 Å². The molecule has 2 amide bonds. The second-order valence-corrected chi connectivity index (χ2v) is 10.3. The van der Waals surface area contributed by atoms with Crippen molar-refractivity contribution in [2.24, 2.45) is 0 Å². The molecule has 204 valence electrons. The maximum atomic E-state index is 15.2. The topological polar surface area (TPSA) is 130 Å². The van der Waals surface area contributed by atoms with Crippen molar-refractivity contribution in [3.63, 3.8) is 0 Å². The summed E-state index contributed by atoms with van der Waals surface area (Å²) in [5.74, 6) is -4.65. The number of nitro groups is 1. The molecule has 0 saturated carbocycles. The van der Waals surface area contributed by atoms with Gasteiger partial charge in [-0.3, -0.25) is 24.7 Å². The van der Waals surface area contributed by atoms with Gasteiger partial charge in [-0.2, -0.15) is 0 Å². The Labute approximate surface area is 225 Å². The van der Waals surface area contributed by atoms with Gasteiger partial charge in [-0.25, -0.2) is 8.78 Å². The van der Waals surface area contributed by atoms with Crippen molar-refractivity contribution in [2.75, 3.05) is 43.9 Å². The number of nitro benzene ring substituents is 1. The number of rotatable bonds is 6. The number of alkyl halides is 2. The summed E-state index contributed by atoms with van der Waals surface area (Å²) in [6.07, 6.45) is 2.23. The predicted octanol–water partition coefficient (Wildman–Crippen LogP) is 3.62. The number of benzene rings is 1. The fraction of sp³-hybridized carbons (Fsp3) is 0.458. The van der Waals surface area contributed by atoms with Crippen LogP contribution in [0.15, 0.2) is 35.1 Å². The van der Waals surface area contributed by atoms with Crippen LogP contribution in [-0.2, 0) is 4.74 Å². The summed E-state index contributed by atoms with van der Waals surface area (Å²) in [6.45, 7) is 2.73. The number of hydrogen-bond acceptors (Lipinski definition) is 8. The fourth-order valence-electron chi connectivity index (χ4n) is 4.71. The Morgan fingerprint density at radius 2 is 1.82 bits per heavy atom. The molecule has 14 heteroatoms. The minimum absolute atomic E-state index is 0.120. The normalized spacial score (nSPS) is 22.7. The van der Waals surface area contributed by atoms with Crippen LogP contribution in [-0.4, -0.2) is 88.9 Å².